The summed E-state index contributed by atoms with van der Waals surface area (Å²) in [7, 11) is 0. The van der Waals surface area contributed by atoms with Crippen molar-refractivity contribution in [1.82, 2.24) is 0 Å². The van der Waals surface area contributed by atoms with Gasteiger partial charge >= 0.3 is 5.97 Å². The number of carbonyl (C=O) groups excluding carboxylic acids is 1. The second-order valence-electron chi connectivity index (χ2n) is 15.9. The average Bonchev–Trinajstić information content (AvgIpc) is 2.86. The molecule has 1 aromatic rings. The summed E-state index contributed by atoms with van der Waals surface area (Å²) in [4.78, 5) is 13.9. The molecule has 3 aliphatic carbocycles. The monoisotopic (exact) mass is 552 g/mol. The van der Waals surface area contributed by atoms with E-state index in [1.807, 2.05) is 18.2 Å². The van der Waals surface area contributed by atoms with Gasteiger partial charge in [0.25, 0.3) is 0 Å². The highest BCUT2D eigenvalue weighted by atomic mass is 16.6. The van der Waals surface area contributed by atoms with Gasteiger partial charge in [-0.15, -0.1) is 0 Å². The van der Waals surface area contributed by atoms with Crippen LogP contribution in [0.3, 0.4) is 0 Å². The van der Waals surface area contributed by atoms with E-state index in [4.69, 9.17) is 9.47 Å². The van der Waals surface area contributed by atoms with Gasteiger partial charge in [-0.05, 0) is 65.9 Å². The number of ether oxygens (including phenoxy) is 2. The molecule has 0 radical (unpaired) electrons. The molecule has 5 nitrogen and oxygen atoms in total. The molecule has 2 bridgehead atoms. The molecule has 0 spiro atoms. The van der Waals surface area contributed by atoms with Gasteiger partial charge in [-0.3, -0.25) is 0 Å². The summed E-state index contributed by atoms with van der Waals surface area (Å²) in [6.45, 7) is 25.0. The zero-order valence-electron chi connectivity index (χ0n) is 26.6. The normalized spacial score (nSPS) is 43.1. The van der Waals surface area contributed by atoms with E-state index in [1.165, 1.54) is 11.1 Å². The number of allylic oxidation sites excluding steroid dienone is 1. The molecule has 1 saturated heterocycles. The minimum atomic E-state index is -1.40. The lowest BCUT2D eigenvalue weighted by Crippen LogP contribution is -2.81. The first-order chi connectivity index (χ1) is 18.3. The van der Waals surface area contributed by atoms with Gasteiger partial charge in [0.1, 0.15) is 17.3 Å². The molecule has 2 N–H and O–H groups in total. The summed E-state index contributed by atoms with van der Waals surface area (Å²) in [6, 6.07) is 9.05. The lowest BCUT2D eigenvalue weighted by atomic mass is 9.33. The summed E-state index contributed by atoms with van der Waals surface area (Å²) >= 11 is 0. The van der Waals surface area contributed by atoms with E-state index in [0.29, 0.717) is 24.3 Å². The fourth-order valence-electron chi connectivity index (χ4n) is 10.1. The van der Waals surface area contributed by atoms with Crippen molar-refractivity contribution in [3.05, 3.63) is 47.0 Å². The molecule has 5 rings (SSSR count). The highest BCUT2D eigenvalue weighted by Gasteiger charge is 2.78. The minimum Gasteiger partial charge on any atom is -0.455 e. The Morgan fingerprint density at radius 3 is 2.12 bits per heavy atom. The van der Waals surface area contributed by atoms with Crippen LogP contribution in [0.5, 0.6) is 0 Å². The minimum absolute atomic E-state index is 0.120. The first kappa shape index (κ1) is 29.8. The van der Waals surface area contributed by atoms with Gasteiger partial charge in [-0.25, -0.2) is 4.79 Å². The van der Waals surface area contributed by atoms with Gasteiger partial charge in [-0.2, -0.15) is 0 Å². The Labute approximate surface area is 241 Å². The maximum Gasteiger partial charge on any atom is 0.338 e. The molecule has 4 unspecified atom stereocenters. The first-order valence-electron chi connectivity index (χ1n) is 15.3. The predicted molar refractivity (Wildman–Crippen MR) is 158 cm³/mol. The Balaban J connectivity index is 1.85. The summed E-state index contributed by atoms with van der Waals surface area (Å²) in [5.74, 6) is -0.441. The van der Waals surface area contributed by atoms with Crippen LogP contribution in [0, 0.1) is 45.3 Å². The van der Waals surface area contributed by atoms with E-state index in [1.54, 1.807) is 12.1 Å². The van der Waals surface area contributed by atoms with Gasteiger partial charge in [0.05, 0.1) is 18.3 Å². The van der Waals surface area contributed by atoms with Crippen LogP contribution < -0.4 is 0 Å². The smallest absolute Gasteiger partial charge is 0.338 e. The van der Waals surface area contributed by atoms with Crippen LogP contribution in [-0.2, 0) is 9.47 Å². The van der Waals surface area contributed by atoms with E-state index >= 15 is 0 Å². The van der Waals surface area contributed by atoms with Crippen molar-refractivity contribution in [2.45, 2.75) is 112 Å². The standard InChI is InChI=1S/C35H52O5/c1-20(2)24-17-35(38)28(40-29(36)23-15-13-12-14-16-23)27-33(11,30(5,6)18-25-34(27,37)19-39-25)31(7,8)22(4)26(21(24)3)32(35,9)10/h12-16,20,22,24-25,27-28,37-38H,17-19H2,1-11H3/t22-,24-,25?,27?,28?,33+,34+,35?/m1/s1. The summed E-state index contributed by atoms with van der Waals surface area (Å²) < 4.78 is 12.7. The average molecular weight is 553 g/mol. The zero-order valence-corrected chi connectivity index (χ0v) is 26.6. The molecule has 4 aliphatic rings. The van der Waals surface area contributed by atoms with Gasteiger partial charge in [-0.1, -0.05) is 98.6 Å². The quantitative estimate of drug-likeness (QED) is 0.318. The van der Waals surface area contributed by atoms with Gasteiger partial charge < -0.3 is 19.7 Å². The number of carbonyl (C=O) groups is 1. The van der Waals surface area contributed by atoms with Crippen LogP contribution in [0.15, 0.2) is 41.5 Å². The van der Waals surface area contributed by atoms with Crippen LogP contribution in [-0.4, -0.2) is 46.2 Å². The molecule has 222 valence electrons. The third-order valence-corrected chi connectivity index (χ3v) is 13.3. The third kappa shape index (κ3) is 3.53. The largest absolute Gasteiger partial charge is 0.455 e. The molecule has 3 fully saturated rings. The topological polar surface area (TPSA) is 76.0 Å². The molecule has 1 aromatic carbocycles. The van der Waals surface area contributed by atoms with Crippen molar-refractivity contribution in [2.24, 2.45) is 45.3 Å². The van der Waals surface area contributed by atoms with Gasteiger partial charge in [0.15, 0.2) is 0 Å². The van der Waals surface area contributed by atoms with E-state index in [9.17, 15) is 15.0 Å². The highest BCUT2D eigenvalue weighted by Crippen LogP contribution is 2.74. The first-order valence-corrected chi connectivity index (χ1v) is 15.3. The Morgan fingerprint density at radius 2 is 1.60 bits per heavy atom. The van der Waals surface area contributed by atoms with Crippen LogP contribution in [0.1, 0.15) is 99.4 Å². The van der Waals surface area contributed by atoms with E-state index < -0.39 is 40.0 Å². The predicted octanol–water partition coefficient (Wildman–Crippen LogP) is 6.82. The third-order valence-electron chi connectivity index (χ3n) is 13.3. The molecule has 1 heterocycles. The van der Waals surface area contributed by atoms with Crippen LogP contribution in [0.4, 0.5) is 0 Å². The Bertz CT molecular complexity index is 1210. The highest BCUT2D eigenvalue weighted by molar-refractivity contribution is 5.89. The van der Waals surface area contributed by atoms with Crippen molar-refractivity contribution in [3.8, 4) is 0 Å². The number of fused-ring (bicyclic) bond motifs is 5. The molecule has 0 amide bonds. The number of aliphatic hydroxyl groups is 2. The summed E-state index contributed by atoms with van der Waals surface area (Å²) in [5.41, 5.74) is -1.33. The van der Waals surface area contributed by atoms with Crippen LogP contribution >= 0.6 is 0 Å². The fraction of sp³-hybridized carbons (Fsp3) is 0.743. The lowest BCUT2D eigenvalue weighted by molar-refractivity contribution is -0.373. The van der Waals surface area contributed by atoms with Crippen molar-refractivity contribution in [1.29, 1.82) is 0 Å². The molecule has 40 heavy (non-hydrogen) atoms. The number of rotatable bonds is 3. The van der Waals surface area contributed by atoms with E-state index in [0.717, 1.165) is 0 Å². The van der Waals surface area contributed by atoms with Gasteiger partial charge in [0.2, 0.25) is 0 Å². The van der Waals surface area contributed by atoms with Crippen LogP contribution in [0.25, 0.3) is 0 Å². The van der Waals surface area contributed by atoms with Crippen molar-refractivity contribution < 1.29 is 24.5 Å². The molecule has 0 aromatic heterocycles. The van der Waals surface area contributed by atoms with E-state index in [-0.39, 0.29) is 35.4 Å². The number of hydrogen-bond donors (Lipinski definition) is 2. The summed E-state index contributed by atoms with van der Waals surface area (Å²) in [6.07, 6.45) is -0.119. The number of benzene rings is 1. The Morgan fingerprint density at radius 1 is 1.00 bits per heavy atom. The second-order valence-corrected chi connectivity index (χ2v) is 15.9. The Kier molecular flexibility index (Phi) is 6.63. The molecule has 5 heteroatoms. The molecule has 8 atom stereocenters. The Hall–Kier alpha value is -1.69. The maximum atomic E-state index is 13.9. The number of esters is 1. The van der Waals surface area contributed by atoms with Crippen molar-refractivity contribution in [3.63, 3.8) is 0 Å². The lowest BCUT2D eigenvalue weighted by Gasteiger charge is -2.75. The van der Waals surface area contributed by atoms with Gasteiger partial charge in [0, 0.05) is 11.3 Å². The SMILES string of the molecule is CC1=C2[C@@H](C)C(C)(C)[C@@]3(C)C(C(OC(=O)c4ccccc4)C(O)(C[C@@H]1C(C)C)C2(C)C)[C@]1(O)COC1CC3(C)C. The van der Waals surface area contributed by atoms with E-state index in [2.05, 4.69) is 76.2 Å². The summed E-state index contributed by atoms with van der Waals surface area (Å²) in [5, 5.41) is 25.9. The van der Waals surface area contributed by atoms with Crippen molar-refractivity contribution >= 4 is 5.97 Å². The maximum absolute atomic E-state index is 13.9. The van der Waals surface area contributed by atoms with Crippen LogP contribution in [0.2, 0.25) is 0 Å². The molecular formula is C35H52O5. The number of hydrogen-bond acceptors (Lipinski definition) is 5. The second kappa shape index (κ2) is 8.91. The molecule has 1 aliphatic heterocycles. The molecular weight excluding hydrogens is 500 g/mol. The fourth-order valence-corrected chi connectivity index (χ4v) is 10.1. The van der Waals surface area contributed by atoms with Crippen molar-refractivity contribution in [2.75, 3.05) is 6.61 Å². The molecule has 2 saturated carbocycles. The zero-order chi connectivity index (χ0) is 29.8.